The molecule has 0 aromatic heterocycles. The minimum Gasteiger partial charge on any atom is -0.386 e. The number of amidine groups is 1. The molecule has 3 nitrogen and oxygen atoms in total. The van der Waals surface area contributed by atoms with E-state index in [4.69, 9.17) is 5.73 Å². The molecule has 0 bridgehead atoms. The molecule has 2 rings (SSSR count). The molecular weight excluding hydrogens is 174 g/mol. The van der Waals surface area contributed by atoms with Crippen molar-refractivity contribution in [3.05, 3.63) is 35.9 Å². The molecule has 0 amide bonds. The number of nitrogens with two attached hydrogens (primary N) is 1. The number of nitrogens with zero attached hydrogens (tertiary/aromatic N) is 2. The summed E-state index contributed by atoms with van der Waals surface area (Å²) in [6.45, 7) is 2.12. The lowest BCUT2D eigenvalue weighted by Crippen LogP contribution is -2.25. The summed E-state index contributed by atoms with van der Waals surface area (Å²) < 4.78 is 0. The van der Waals surface area contributed by atoms with Gasteiger partial charge in [0.25, 0.3) is 0 Å². The van der Waals surface area contributed by atoms with Crippen LogP contribution in [0, 0.1) is 5.92 Å². The molecule has 72 valence electrons. The predicted molar refractivity (Wildman–Crippen MR) is 58.4 cm³/mol. The van der Waals surface area contributed by atoms with Crippen LogP contribution in [0.3, 0.4) is 0 Å². The van der Waals surface area contributed by atoms with Gasteiger partial charge in [0.1, 0.15) is 5.84 Å². The van der Waals surface area contributed by atoms with Gasteiger partial charge in [0.05, 0.1) is 5.71 Å². The molecule has 1 aliphatic heterocycles. The Kier molecular flexibility index (Phi) is 2.31. The molecule has 1 heterocycles. The lowest BCUT2D eigenvalue weighted by atomic mass is 9.94. The molecule has 1 atom stereocenters. The first-order valence-corrected chi connectivity index (χ1v) is 4.72. The third-order valence-electron chi connectivity index (χ3n) is 2.34. The van der Waals surface area contributed by atoms with Gasteiger partial charge in [-0.25, -0.2) is 0 Å². The van der Waals surface area contributed by atoms with Gasteiger partial charge in [-0.2, -0.15) is 5.10 Å². The second-order valence-corrected chi connectivity index (χ2v) is 3.55. The maximum atomic E-state index is 5.61. The van der Waals surface area contributed by atoms with Crippen LogP contribution >= 0.6 is 0 Å². The fraction of sp³-hybridized carbons (Fsp3) is 0.273. The van der Waals surface area contributed by atoms with Gasteiger partial charge in [0.2, 0.25) is 0 Å². The maximum absolute atomic E-state index is 5.61. The molecule has 1 aromatic carbocycles. The first kappa shape index (κ1) is 8.94. The molecule has 3 heteroatoms. The third-order valence-corrected chi connectivity index (χ3v) is 2.34. The van der Waals surface area contributed by atoms with Crippen molar-refractivity contribution in [3.63, 3.8) is 0 Å². The summed E-state index contributed by atoms with van der Waals surface area (Å²) in [5.74, 6) is 0.979. The van der Waals surface area contributed by atoms with Crippen LogP contribution < -0.4 is 5.73 Å². The minimum atomic E-state index is 0.356. The molecule has 0 spiro atoms. The van der Waals surface area contributed by atoms with Crippen LogP contribution in [0.1, 0.15) is 18.9 Å². The second-order valence-electron chi connectivity index (χ2n) is 3.55. The van der Waals surface area contributed by atoms with Crippen molar-refractivity contribution in [2.75, 3.05) is 0 Å². The average molecular weight is 187 g/mol. The lowest BCUT2D eigenvalue weighted by molar-refractivity contribution is 0.783. The number of rotatable bonds is 1. The van der Waals surface area contributed by atoms with E-state index in [2.05, 4.69) is 17.1 Å². The maximum Gasteiger partial charge on any atom is 0.123 e. The second kappa shape index (κ2) is 3.62. The molecule has 1 aromatic rings. The fourth-order valence-corrected chi connectivity index (χ4v) is 1.62. The van der Waals surface area contributed by atoms with Crippen LogP contribution in [0.2, 0.25) is 0 Å². The molecule has 1 unspecified atom stereocenters. The summed E-state index contributed by atoms with van der Waals surface area (Å²) in [4.78, 5) is 0. The largest absolute Gasteiger partial charge is 0.386 e. The SMILES string of the molecule is CC1CC(N)=NN=C1c1ccccc1. The van der Waals surface area contributed by atoms with Gasteiger partial charge in [-0.3, -0.25) is 0 Å². The Hall–Kier alpha value is -1.64. The van der Waals surface area contributed by atoms with Gasteiger partial charge in [-0.15, -0.1) is 5.10 Å². The Labute approximate surface area is 83.4 Å². The first-order valence-electron chi connectivity index (χ1n) is 4.72. The van der Waals surface area contributed by atoms with E-state index in [1.165, 1.54) is 0 Å². The van der Waals surface area contributed by atoms with Crippen LogP contribution in [0.25, 0.3) is 0 Å². The van der Waals surface area contributed by atoms with Crippen LogP contribution in [-0.2, 0) is 0 Å². The molecule has 0 fully saturated rings. The van der Waals surface area contributed by atoms with Crippen LogP contribution in [-0.4, -0.2) is 11.5 Å². The molecule has 14 heavy (non-hydrogen) atoms. The van der Waals surface area contributed by atoms with Crippen molar-refractivity contribution in [1.82, 2.24) is 0 Å². The van der Waals surface area contributed by atoms with Crippen molar-refractivity contribution < 1.29 is 0 Å². The Bertz CT molecular complexity index is 379. The minimum absolute atomic E-state index is 0.356. The van der Waals surface area contributed by atoms with Gasteiger partial charge in [-0.1, -0.05) is 37.3 Å². The van der Waals surface area contributed by atoms with E-state index in [-0.39, 0.29) is 0 Å². The Morgan fingerprint density at radius 3 is 2.57 bits per heavy atom. The first-order chi connectivity index (χ1) is 6.77. The normalized spacial score (nSPS) is 21.4. The van der Waals surface area contributed by atoms with Gasteiger partial charge in [0.15, 0.2) is 0 Å². The van der Waals surface area contributed by atoms with E-state index >= 15 is 0 Å². The topological polar surface area (TPSA) is 50.7 Å². The highest BCUT2D eigenvalue weighted by Crippen LogP contribution is 2.16. The highest BCUT2D eigenvalue weighted by Gasteiger charge is 2.17. The molecule has 0 aliphatic carbocycles. The monoisotopic (exact) mass is 187 g/mol. The highest BCUT2D eigenvalue weighted by molar-refractivity contribution is 6.05. The average Bonchev–Trinajstić information content (AvgIpc) is 2.19. The third kappa shape index (κ3) is 1.66. The Balaban J connectivity index is 2.35. The quantitative estimate of drug-likeness (QED) is 0.716. The number of hydrogen-bond donors (Lipinski definition) is 1. The molecule has 1 aliphatic rings. The van der Waals surface area contributed by atoms with E-state index in [1.54, 1.807) is 0 Å². The highest BCUT2D eigenvalue weighted by atomic mass is 15.2. The van der Waals surface area contributed by atoms with Crippen molar-refractivity contribution in [2.45, 2.75) is 13.3 Å². The zero-order valence-electron chi connectivity index (χ0n) is 8.14. The summed E-state index contributed by atoms with van der Waals surface area (Å²) in [5.41, 5.74) is 7.77. The fourth-order valence-electron chi connectivity index (χ4n) is 1.62. The summed E-state index contributed by atoms with van der Waals surface area (Å²) in [6.07, 6.45) is 0.799. The number of hydrogen-bond acceptors (Lipinski definition) is 3. The van der Waals surface area contributed by atoms with Gasteiger partial charge < -0.3 is 5.73 Å². The van der Waals surface area contributed by atoms with E-state index in [0.717, 1.165) is 17.7 Å². The molecule has 0 saturated heterocycles. The summed E-state index contributed by atoms with van der Waals surface area (Å²) >= 11 is 0. The van der Waals surface area contributed by atoms with Crippen LogP contribution in [0.5, 0.6) is 0 Å². The van der Waals surface area contributed by atoms with E-state index in [1.807, 2.05) is 30.3 Å². The zero-order chi connectivity index (χ0) is 9.97. The molecule has 2 N–H and O–H groups in total. The zero-order valence-corrected chi connectivity index (χ0v) is 8.14. The molecule has 0 radical (unpaired) electrons. The molecular formula is C11H13N3. The predicted octanol–water partition coefficient (Wildman–Crippen LogP) is 1.79. The van der Waals surface area contributed by atoms with Crippen molar-refractivity contribution in [3.8, 4) is 0 Å². The summed E-state index contributed by atoms with van der Waals surface area (Å²) in [6, 6.07) is 10.1. The Morgan fingerprint density at radius 1 is 1.21 bits per heavy atom. The van der Waals surface area contributed by atoms with E-state index in [9.17, 15) is 0 Å². The summed E-state index contributed by atoms with van der Waals surface area (Å²) in [5, 5.41) is 8.06. The van der Waals surface area contributed by atoms with Gasteiger partial charge in [0, 0.05) is 12.3 Å². The van der Waals surface area contributed by atoms with E-state index < -0.39 is 0 Å². The summed E-state index contributed by atoms with van der Waals surface area (Å²) in [7, 11) is 0. The van der Waals surface area contributed by atoms with Crippen molar-refractivity contribution in [1.29, 1.82) is 0 Å². The van der Waals surface area contributed by atoms with Crippen molar-refractivity contribution >= 4 is 11.5 Å². The Morgan fingerprint density at radius 2 is 1.93 bits per heavy atom. The van der Waals surface area contributed by atoms with Crippen molar-refractivity contribution in [2.24, 2.45) is 21.9 Å². The van der Waals surface area contributed by atoms with Gasteiger partial charge >= 0.3 is 0 Å². The molecule has 0 saturated carbocycles. The standard InChI is InChI=1S/C11H13N3/c1-8-7-10(12)13-14-11(8)9-5-3-2-4-6-9/h2-6,8H,7H2,1H3,(H2,12,13). The van der Waals surface area contributed by atoms with Crippen LogP contribution in [0.15, 0.2) is 40.5 Å². The van der Waals surface area contributed by atoms with Crippen LogP contribution in [0.4, 0.5) is 0 Å². The van der Waals surface area contributed by atoms with Gasteiger partial charge in [-0.05, 0) is 5.56 Å². The smallest absolute Gasteiger partial charge is 0.123 e. The lowest BCUT2D eigenvalue weighted by Gasteiger charge is -2.16. The van der Waals surface area contributed by atoms with E-state index in [0.29, 0.717) is 11.8 Å². The number of benzene rings is 1.